The van der Waals surface area contributed by atoms with Crippen molar-refractivity contribution in [3.05, 3.63) is 53.3 Å². The van der Waals surface area contributed by atoms with Crippen molar-refractivity contribution in [3.8, 4) is 11.1 Å². The Balaban J connectivity index is 2.24. The minimum absolute atomic E-state index is 0.356. The van der Waals surface area contributed by atoms with Crippen LogP contribution in [0.15, 0.2) is 36.5 Å². The van der Waals surface area contributed by atoms with Crippen LogP contribution in [0.1, 0.15) is 23.7 Å². The van der Waals surface area contributed by atoms with Crippen LogP contribution in [0.2, 0.25) is 0 Å². The van der Waals surface area contributed by atoms with Crippen LogP contribution in [-0.2, 0) is 11.2 Å². The lowest BCUT2D eigenvalue weighted by molar-refractivity contribution is -0.141. The van der Waals surface area contributed by atoms with Gasteiger partial charge >= 0.3 is 5.97 Å². The molecule has 0 saturated heterocycles. The summed E-state index contributed by atoms with van der Waals surface area (Å²) in [6.07, 6.45) is 2.38. The zero-order valence-electron chi connectivity index (χ0n) is 12.1. The van der Waals surface area contributed by atoms with Gasteiger partial charge in [-0.2, -0.15) is 0 Å². The lowest BCUT2D eigenvalue weighted by atomic mass is 9.96. The predicted molar refractivity (Wildman–Crippen MR) is 79.7 cm³/mol. The molecular formula is C17H19NO2. The molecule has 0 amide bonds. The van der Waals surface area contributed by atoms with E-state index in [1.165, 1.54) is 11.1 Å². The molecule has 1 aromatic carbocycles. The van der Waals surface area contributed by atoms with Crippen LogP contribution >= 0.6 is 0 Å². The smallest absolute Gasteiger partial charge is 0.306 e. The molecule has 1 aromatic heterocycles. The van der Waals surface area contributed by atoms with E-state index in [1.807, 2.05) is 43.5 Å². The zero-order chi connectivity index (χ0) is 14.7. The molecular weight excluding hydrogens is 250 g/mol. The normalized spacial score (nSPS) is 12.2. The maximum Gasteiger partial charge on any atom is 0.306 e. The van der Waals surface area contributed by atoms with E-state index < -0.39 is 5.97 Å². The Hall–Kier alpha value is -2.16. The van der Waals surface area contributed by atoms with Crippen LogP contribution in [0.25, 0.3) is 11.1 Å². The highest BCUT2D eigenvalue weighted by molar-refractivity contribution is 5.70. The number of hydrogen-bond donors (Lipinski definition) is 1. The Bertz CT molecular complexity index is 617. The largest absolute Gasteiger partial charge is 0.481 e. The molecule has 1 N–H and O–H groups in total. The van der Waals surface area contributed by atoms with Crippen molar-refractivity contribution in [2.24, 2.45) is 5.92 Å². The fourth-order valence-corrected chi connectivity index (χ4v) is 2.21. The number of benzene rings is 1. The van der Waals surface area contributed by atoms with Gasteiger partial charge in [0.1, 0.15) is 0 Å². The van der Waals surface area contributed by atoms with E-state index in [4.69, 9.17) is 5.11 Å². The van der Waals surface area contributed by atoms with Crippen molar-refractivity contribution in [1.82, 2.24) is 4.98 Å². The van der Waals surface area contributed by atoms with E-state index >= 15 is 0 Å². The molecule has 0 fully saturated rings. The van der Waals surface area contributed by atoms with Crippen molar-refractivity contribution >= 4 is 5.97 Å². The topological polar surface area (TPSA) is 50.2 Å². The maximum absolute atomic E-state index is 10.9. The summed E-state index contributed by atoms with van der Waals surface area (Å²) >= 11 is 0. The maximum atomic E-state index is 10.9. The van der Waals surface area contributed by atoms with E-state index in [1.54, 1.807) is 6.92 Å². The standard InChI is InChI=1S/C17H19NO2/c1-11(17(19)20)10-14-4-6-15(7-5-14)16-8-9-18-13(3)12(16)2/h4-9,11H,10H2,1-3H3,(H,19,20). The lowest BCUT2D eigenvalue weighted by Gasteiger charge is -2.10. The molecule has 20 heavy (non-hydrogen) atoms. The molecule has 104 valence electrons. The third-order valence-electron chi connectivity index (χ3n) is 3.68. The Morgan fingerprint density at radius 2 is 1.85 bits per heavy atom. The van der Waals surface area contributed by atoms with Gasteiger partial charge in [0.15, 0.2) is 0 Å². The van der Waals surface area contributed by atoms with Crippen LogP contribution < -0.4 is 0 Å². The van der Waals surface area contributed by atoms with Crippen LogP contribution in [0.4, 0.5) is 0 Å². The molecule has 1 atom stereocenters. The first-order valence-corrected chi connectivity index (χ1v) is 6.73. The van der Waals surface area contributed by atoms with Gasteiger partial charge in [-0.25, -0.2) is 0 Å². The third kappa shape index (κ3) is 3.05. The molecule has 0 radical (unpaired) electrons. The quantitative estimate of drug-likeness (QED) is 0.922. The van der Waals surface area contributed by atoms with Crippen molar-refractivity contribution in [1.29, 1.82) is 0 Å². The van der Waals surface area contributed by atoms with E-state index in [9.17, 15) is 4.79 Å². The molecule has 1 unspecified atom stereocenters. The minimum Gasteiger partial charge on any atom is -0.481 e. The summed E-state index contributed by atoms with van der Waals surface area (Å²) in [5, 5.41) is 8.94. The summed E-state index contributed by atoms with van der Waals surface area (Å²) in [5.74, 6) is -1.11. The average molecular weight is 269 g/mol. The molecule has 3 heteroatoms. The number of rotatable bonds is 4. The zero-order valence-corrected chi connectivity index (χ0v) is 12.1. The Labute approximate surface area is 119 Å². The monoisotopic (exact) mass is 269 g/mol. The van der Waals surface area contributed by atoms with Gasteiger partial charge in [0.2, 0.25) is 0 Å². The summed E-state index contributed by atoms with van der Waals surface area (Å²) in [4.78, 5) is 15.1. The Morgan fingerprint density at radius 1 is 1.20 bits per heavy atom. The molecule has 2 aromatic rings. The first-order chi connectivity index (χ1) is 9.49. The van der Waals surface area contributed by atoms with E-state index in [-0.39, 0.29) is 5.92 Å². The number of hydrogen-bond acceptors (Lipinski definition) is 2. The van der Waals surface area contributed by atoms with Crippen molar-refractivity contribution in [2.75, 3.05) is 0 Å². The highest BCUT2D eigenvalue weighted by atomic mass is 16.4. The van der Waals surface area contributed by atoms with E-state index in [0.29, 0.717) is 6.42 Å². The molecule has 1 heterocycles. The van der Waals surface area contributed by atoms with Crippen LogP contribution in [0.3, 0.4) is 0 Å². The average Bonchev–Trinajstić information content (AvgIpc) is 2.43. The molecule has 0 saturated carbocycles. The first kappa shape index (κ1) is 14.3. The molecule has 0 aliphatic rings. The number of carbonyl (C=O) groups is 1. The lowest BCUT2D eigenvalue weighted by Crippen LogP contribution is -2.12. The van der Waals surface area contributed by atoms with Gasteiger partial charge in [-0.05, 0) is 48.6 Å². The van der Waals surface area contributed by atoms with Crippen LogP contribution in [-0.4, -0.2) is 16.1 Å². The number of aliphatic carboxylic acids is 1. The summed E-state index contributed by atoms with van der Waals surface area (Å²) in [7, 11) is 0. The molecule has 0 aliphatic carbocycles. The second-order valence-electron chi connectivity index (χ2n) is 5.21. The first-order valence-electron chi connectivity index (χ1n) is 6.73. The van der Waals surface area contributed by atoms with Gasteiger partial charge in [0, 0.05) is 11.9 Å². The van der Waals surface area contributed by atoms with E-state index in [2.05, 4.69) is 11.9 Å². The van der Waals surface area contributed by atoms with E-state index in [0.717, 1.165) is 16.8 Å². The second-order valence-corrected chi connectivity index (χ2v) is 5.21. The number of aryl methyl sites for hydroxylation is 1. The summed E-state index contributed by atoms with van der Waals surface area (Å²) < 4.78 is 0. The van der Waals surface area contributed by atoms with Crippen molar-refractivity contribution < 1.29 is 9.90 Å². The highest BCUT2D eigenvalue weighted by Crippen LogP contribution is 2.25. The molecule has 0 bridgehead atoms. The van der Waals surface area contributed by atoms with Gasteiger partial charge in [0.05, 0.1) is 5.92 Å². The number of carboxylic acids is 1. The fraction of sp³-hybridized carbons (Fsp3) is 0.294. The van der Waals surface area contributed by atoms with Gasteiger partial charge in [0.25, 0.3) is 0 Å². The van der Waals surface area contributed by atoms with Crippen molar-refractivity contribution in [2.45, 2.75) is 27.2 Å². The Morgan fingerprint density at radius 3 is 2.45 bits per heavy atom. The minimum atomic E-state index is -0.755. The predicted octanol–water partition coefficient (Wildman–Crippen LogP) is 3.63. The number of carboxylic acid groups (broad SMARTS) is 1. The SMILES string of the molecule is Cc1nccc(-c2ccc(CC(C)C(=O)O)cc2)c1C. The summed E-state index contributed by atoms with van der Waals surface area (Å²) in [5.41, 5.74) is 5.58. The van der Waals surface area contributed by atoms with Gasteiger partial charge in [-0.1, -0.05) is 31.2 Å². The van der Waals surface area contributed by atoms with Crippen LogP contribution in [0.5, 0.6) is 0 Å². The highest BCUT2D eigenvalue weighted by Gasteiger charge is 2.11. The molecule has 0 spiro atoms. The molecule has 0 aliphatic heterocycles. The van der Waals surface area contributed by atoms with Crippen LogP contribution in [0, 0.1) is 19.8 Å². The molecule has 2 rings (SSSR count). The molecule has 3 nitrogen and oxygen atoms in total. The number of aromatic nitrogens is 1. The van der Waals surface area contributed by atoms with Gasteiger partial charge < -0.3 is 5.11 Å². The fourth-order valence-electron chi connectivity index (χ4n) is 2.21. The number of pyridine rings is 1. The third-order valence-corrected chi connectivity index (χ3v) is 3.68. The van der Waals surface area contributed by atoms with Gasteiger partial charge in [-0.15, -0.1) is 0 Å². The second kappa shape index (κ2) is 5.87. The Kier molecular flexibility index (Phi) is 4.18. The van der Waals surface area contributed by atoms with Gasteiger partial charge in [-0.3, -0.25) is 9.78 Å². The number of nitrogens with zero attached hydrogens (tertiary/aromatic N) is 1. The summed E-state index contributed by atoms with van der Waals surface area (Å²) in [6.45, 7) is 5.80. The summed E-state index contributed by atoms with van der Waals surface area (Å²) in [6, 6.07) is 10.1. The van der Waals surface area contributed by atoms with Crippen molar-refractivity contribution in [3.63, 3.8) is 0 Å².